The highest BCUT2D eigenvalue weighted by atomic mass is 79.9. The van der Waals surface area contributed by atoms with E-state index in [1.54, 1.807) is 6.08 Å². The van der Waals surface area contributed by atoms with Crippen molar-refractivity contribution in [1.29, 1.82) is 0 Å². The Balaban J connectivity index is 1.83. The second kappa shape index (κ2) is 6.50. The molecule has 1 heterocycles. The van der Waals surface area contributed by atoms with E-state index in [0.29, 0.717) is 4.91 Å². The molecule has 0 bridgehead atoms. The van der Waals surface area contributed by atoms with E-state index >= 15 is 0 Å². The molecule has 3 nitrogen and oxygen atoms in total. The first-order valence-electron chi connectivity index (χ1n) is 6.69. The van der Waals surface area contributed by atoms with Gasteiger partial charge >= 0.3 is 0 Å². The van der Waals surface area contributed by atoms with Crippen LogP contribution < -0.4 is 0 Å². The molecule has 0 aromatic heterocycles. The predicted molar refractivity (Wildman–Crippen MR) is 92.1 cm³/mol. The Labute approximate surface area is 141 Å². The summed E-state index contributed by atoms with van der Waals surface area (Å²) in [6, 6.07) is 17.1. The fourth-order valence-corrected chi connectivity index (χ4v) is 3.38. The number of halogens is 1. The molecule has 1 saturated heterocycles. The Hall–Kier alpha value is -1.85. The molecule has 0 N–H and O–H groups in total. The van der Waals surface area contributed by atoms with Gasteiger partial charge in [-0.25, -0.2) is 0 Å². The lowest BCUT2D eigenvalue weighted by Gasteiger charge is -2.13. The molecule has 1 aliphatic rings. The minimum atomic E-state index is -0.241. The van der Waals surface area contributed by atoms with Gasteiger partial charge in [0.05, 0.1) is 11.4 Å². The molecule has 110 valence electrons. The molecule has 0 atom stereocenters. The number of hydrogen-bond acceptors (Lipinski definition) is 3. The van der Waals surface area contributed by atoms with Crippen molar-refractivity contribution in [1.82, 2.24) is 4.90 Å². The molecule has 0 spiro atoms. The lowest BCUT2D eigenvalue weighted by Crippen LogP contribution is -2.27. The summed E-state index contributed by atoms with van der Waals surface area (Å²) in [7, 11) is 0. The van der Waals surface area contributed by atoms with Crippen molar-refractivity contribution < 1.29 is 9.59 Å². The zero-order valence-corrected chi connectivity index (χ0v) is 13.9. The standard InChI is InChI=1S/C17H12BrNO2S/c18-14-9-5-4-8-13(14)11-19-16(20)15(22-17(19)21)10-12-6-2-1-3-7-12/h1-10H,11H2. The lowest BCUT2D eigenvalue weighted by atomic mass is 10.2. The van der Waals surface area contributed by atoms with Gasteiger partial charge in [-0.1, -0.05) is 64.5 Å². The number of benzene rings is 2. The van der Waals surface area contributed by atoms with Crippen LogP contribution in [0.25, 0.3) is 6.08 Å². The van der Waals surface area contributed by atoms with Crippen LogP contribution in [-0.4, -0.2) is 16.0 Å². The lowest BCUT2D eigenvalue weighted by molar-refractivity contribution is -0.123. The van der Waals surface area contributed by atoms with Crippen molar-refractivity contribution in [3.63, 3.8) is 0 Å². The zero-order valence-electron chi connectivity index (χ0n) is 11.5. The van der Waals surface area contributed by atoms with Crippen LogP contribution in [-0.2, 0) is 11.3 Å². The van der Waals surface area contributed by atoms with Crippen LogP contribution in [0, 0.1) is 0 Å². The number of carbonyl (C=O) groups excluding carboxylic acids is 2. The zero-order chi connectivity index (χ0) is 15.5. The van der Waals surface area contributed by atoms with E-state index in [2.05, 4.69) is 15.9 Å². The molecule has 2 aromatic carbocycles. The van der Waals surface area contributed by atoms with Gasteiger partial charge < -0.3 is 0 Å². The number of amides is 2. The molecule has 3 rings (SSSR count). The number of imide groups is 1. The van der Waals surface area contributed by atoms with Gasteiger partial charge in [0.2, 0.25) is 0 Å². The molecule has 2 amide bonds. The third-order valence-electron chi connectivity index (χ3n) is 3.26. The van der Waals surface area contributed by atoms with Gasteiger partial charge in [0, 0.05) is 4.47 Å². The molecule has 2 aromatic rings. The monoisotopic (exact) mass is 373 g/mol. The van der Waals surface area contributed by atoms with E-state index in [9.17, 15) is 9.59 Å². The largest absolute Gasteiger partial charge is 0.293 e. The van der Waals surface area contributed by atoms with Crippen molar-refractivity contribution >= 4 is 44.9 Å². The Morgan fingerprint density at radius 3 is 2.41 bits per heavy atom. The molecule has 0 radical (unpaired) electrons. The van der Waals surface area contributed by atoms with Crippen LogP contribution in [0.15, 0.2) is 64.0 Å². The normalized spacial score (nSPS) is 16.6. The quantitative estimate of drug-likeness (QED) is 0.732. The summed E-state index contributed by atoms with van der Waals surface area (Å²) < 4.78 is 0.890. The Kier molecular flexibility index (Phi) is 4.45. The van der Waals surface area contributed by atoms with Gasteiger partial charge in [0.25, 0.3) is 11.1 Å². The average Bonchev–Trinajstić information content (AvgIpc) is 2.78. The first kappa shape index (κ1) is 15.1. The van der Waals surface area contributed by atoms with E-state index in [1.807, 2.05) is 54.6 Å². The van der Waals surface area contributed by atoms with Crippen molar-refractivity contribution in [3.05, 3.63) is 75.1 Å². The molecular weight excluding hydrogens is 362 g/mol. The Bertz CT molecular complexity index is 758. The Morgan fingerprint density at radius 2 is 1.68 bits per heavy atom. The van der Waals surface area contributed by atoms with Gasteiger partial charge in [-0.05, 0) is 35.0 Å². The number of thioether (sulfide) groups is 1. The SMILES string of the molecule is O=C1SC(=Cc2ccccc2)C(=O)N1Cc1ccccc1Br. The van der Waals surface area contributed by atoms with Gasteiger partial charge in [-0.3, -0.25) is 14.5 Å². The fraction of sp³-hybridized carbons (Fsp3) is 0.0588. The number of nitrogens with zero attached hydrogens (tertiary/aromatic N) is 1. The fourth-order valence-electron chi connectivity index (χ4n) is 2.13. The molecular formula is C17H12BrNO2S. The Morgan fingerprint density at radius 1 is 1.00 bits per heavy atom. The highest BCUT2D eigenvalue weighted by Gasteiger charge is 2.35. The molecule has 0 unspecified atom stereocenters. The smallest absolute Gasteiger partial charge is 0.268 e. The van der Waals surface area contributed by atoms with Gasteiger partial charge in [-0.15, -0.1) is 0 Å². The summed E-state index contributed by atoms with van der Waals surface area (Å²) in [4.78, 5) is 26.3. The van der Waals surface area contributed by atoms with Crippen LogP contribution in [0.4, 0.5) is 4.79 Å². The number of carbonyl (C=O) groups is 2. The molecule has 22 heavy (non-hydrogen) atoms. The molecule has 0 aliphatic carbocycles. The van der Waals surface area contributed by atoms with Crippen LogP contribution in [0.1, 0.15) is 11.1 Å². The second-order valence-electron chi connectivity index (χ2n) is 4.77. The third-order valence-corrected chi connectivity index (χ3v) is 4.94. The summed E-state index contributed by atoms with van der Waals surface area (Å²) in [5, 5.41) is -0.233. The summed E-state index contributed by atoms with van der Waals surface area (Å²) in [6.07, 6.45) is 1.75. The van der Waals surface area contributed by atoms with Gasteiger partial charge in [-0.2, -0.15) is 0 Å². The first-order chi connectivity index (χ1) is 10.6. The minimum absolute atomic E-state index is 0.233. The highest BCUT2D eigenvalue weighted by molar-refractivity contribution is 9.10. The maximum atomic E-state index is 12.4. The molecule has 0 saturated carbocycles. The van der Waals surface area contributed by atoms with E-state index in [-0.39, 0.29) is 17.7 Å². The third kappa shape index (κ3) is 3.15. The molecule has 5 heteroatoms. The van der Waals surface area contributed by atoms with E-state index < -0.39 is 0 Å². The van der Waals surface area contributed by atoms with Crippen molar-refractivity contribution in [2.24, 2.45) is 0 Å². The number of rotatable bonds is 3. The van der Waals surface area contributed by atoms with E-state index in [1.165, 1.54) is 4.90 Å². The topological polar surface area (TPSA) is 37.4 Å². The maximum Gasteiger partial charge on any atom is 0.293 e. The van der Waals surface area contributed by atoms with Crippen molar-refractivity contribution in [3.8, 4) is 0 Å². The summed E-state index contributed by atoms with van der Waals surface area (Å²) in [6.45, 7) is 0.276. The van der Waals surface area contributed by atoms with Crippen LogP contribution >= 0.6 is 27.7 Å². The molecule has 1 fully saturated rings. The second-order valence-corrected chi connectivity index (χ2v) is 6.62. The van der Waals surface area contributed by atoms with Crippen LogP contribution in [0.2, 0.25) is 0 Å². The average molecular weight is 374 g/mol. The van der Waals surface area contributed by atoms with Crippen molar-refractivity contribution in [2.45, 2.75) is 6.54 Å². The maximum absolute atomic E-state index is 12.4. The summed E-state index contributed by atoms with van der Waals surface area (Å²) >= 11 is 4.43. The van der Waals surface area contributed by atoms with Crippen molar-refractivity contribution in [2.75, 3.05) is 0 Å². The molecule has 1 aliphatic heterocycles. The first-order valence-corrected chi connectivity index (χ1v) is 8.30. The van der Waals surface area contributed by atoms with E-state index in [4.69, 9.17) is 0 Å². The summed E-state index contributed by atoms with van der Waals surface area (Å²) in [5.74, 6) is -0.241. The van der Waals surface area contributed by atoms with Crippen LogP contribution in [0.5, 0.6) is 0 Å². The van der Waals surface area contributed by atoms with E-state index in [0.717, 1.165) is 27.4 Å². The number of hydrogen-bond donors (Lipinski definition) is 0. The van der Waals surface area contributed by atoms with Gasteiger partial charge in [0.15, 0.2) is 0 Å². The van der Waals surface area contributed by atoms with Crippen LogP contribution in [0.3, 0.4) is 0 Å². The highest BCUT2D eigenvalue weighted by Crippen LogP contribution is 2.34. The predicted octanol–water partition coefficient (Wildman–Crippen LogP) is 4.69. The minimum Gasteiger partial charge on any atom is -0.268 e. The summed E-state index contributed by atoms with van der Waals surface area (Å²) in [5.41, 5.74) is 1.82. The van der Waals surface area contributed by atoms with Gasteiger partial charge in [0.1, 0.15) is 0 Å².